The Hall–Kier alpha value is -2.55. The quantitative estimate of drug-likeness (QED) is 0.839. The van der Waals surface area contributed by atoms with Crippen molar-refractivity contribution in [3.05, 3.63) is 35.7 Å². The molecule has 1 aromatic heterocycles. The van der Waals surface area contributed by atoms with E-state index in [1.54, 1.807) is 24.3 Å². The lowest BCUT2D eigenvalue weighted by molar-refractivity contribution is -0.125. The summed E-state index contributed by atoms with van der Waals surface area (Å²) < 4.78 is 41.8. The molecule has 0 saturated heterocycles. The van der Waals surface area contributed by atoms with Gasteiger partial charge in [0.1, 0.15) is 17.2 Å². The molecule has 1 unspecified atom stereocenters. The van der Waals surface area contributed by atoms with E-state index in [9.17, 15) is 13.2 Å². The predicted molar refractivity (Wildman–Crippen MR) is 84.4 cm³/mol. The number of benzene rings is 1. The van der Waals surface area contributed by atoms with Crippen molar-refractivity contribution in [3.63, 3.8) is 0 Å². The molecule has 9 heteroatoms. The molecule has 0 fully saturated rings. The van der Waals surface area contributed by atoms with Crippen molar-refractivity contribution in [2.75, 3.05) is 7.11 Å². The second kappa shape index (κ2) is 6.91. The van der Waals surface area contributed by atoms with Gasteiger partial charge in [0.05, 0.1) is 7.11 Å². The molecule has 1 aromatic carbocycles. The Balaban J connectivity index is 2.08. The summed E-state index contributed by atoms with van der Waals surface area (Å²) in [6.45, 7) is 4.38. The maximum atomic E-state index is 12.3. The number of amides is 1. The lowest BCUT2D eigenvalue weighted by Crippen LogP contribution is -2.40. The van der Waals surface area contributed by atoms with Crippen molar-refractivity contribution in [2.45, 2.75) is 31.8 Å². The van der Waals surface area contributed by atoms with Crippen LogP contribution in [0.1, 0.15) is 18.4 Å². The van der Waals surface area contributed by atoms with Crippen molar-refractivity contribution in [3.8, 4) is 11.5 Å². The number of aryl methyl sites for hydroxylation is 2. The zero-order valence-corrected chi connectivity index (χ0v) is 14.5. The van der Waals surface area contributed by atoms with Crippen molar-refractivity contribution in [1.29, 1.82) is 0 Å². The van der Waals surface area contributed by atoms with Crippen molar-refractivity contribution in [2.24, 2.45) is 0 Å². The fourth-order valence-corrected chi connectivity index (χ4v) is 3.41. The summed E-state index contributed by atoms with van der Waals surface area (Å²) in [5, 5.41) is 3.57. The Labute approximate surface area is 139 Å². The topological polar surface area (TPSA) is 108 Å². The van der Waals surface area contributed by atoms with Crippen LogP contribution in [0.5, 0.6) is 11.5 Å². The van der Waals surface area contributed by atoms with Gasteiger partial charge in [-0.1, -0.05) is 5.16 Å². The Morgan fingerprint density at radius 1 is 1.21 bits per heavy atom. The summed E-state index contributed by atoms with van der Waals surface area (Å²) >= 11 is 0. The van der Waals surface area contributed by atoms with Crippen LogP contribution in [0.25, 0.3) is 0 Å². The number of methoxy groups -OCH3 is 1. The van der Waals surface area contributed by atoms with Gasteiger partial charge in [-0.3, -0.25) is 4.79 Å². The Kier molecular flexibility index (Phi) is 5.13. The van der Waals surface area contributed by atoms with Gasteiger partial charge < -0.3 is 14.0 Å². The standard InChI is InChI=1S/C15H18N2O6S/c1-9-14(10(2)23-16-9)24(19,20)17-15(18)11(3)22-13-7-5-12(21-4)6-8-13/h5-8,11H,1-4H3,(H,17,18). The van der Waals surface area contributed by atoms with Gasteiger partial charge in [0.2, 0.25) is 0 Å². The van der Waals surface area contributed by atoms with Crippen molar-refractivity contribution >= 4 is 15.9 Å². The van der Waals surface area contributed by atoms with Gasteiger partial charge in [-0.25, -0.2) is 13.1 Å². The van der Waals surface area contributed by atoms with Gasteiger partial charge in [0, 0.05) is 0 Å². The molecule has 1 atom stereocenters. The maximum Gasteiger partial charge on any atom is 0.274 e. The van der Waals surface area contributed by atoms with Crippen LogP contribution in [-0.2, 0) is 14.8 Å². The van der Waals surface area contributed by atoms with E-state index < -0.39 is 22.0 Å². The molecule has 0 aliphatic heterocycles. The van der Waals surface area contributed by atoms with Gasteiger partial charge in [0.15, 0.2) is 16.8 Å². The number of carbonyl (C=O) groups is 1. The number of rotatable bonds is 6. The zero-order chi connectivity index (χ0) is 17.9. The Morgan fingerprint density at radius 3 is 2.29 bits per heavy atom. The summed E-state index contributed by atoms with van der Waals surface area (Å²) in [6, 6.07) is 6.57. The van der Waals surface area contributed by atoms with Gasteiger partial charge in [-0.2, -0.15) is 0 Å². The summed E-state index contributed by atoms with van der Waals surface area (Å²) in [5.41, 5.74) is 0.177. The minimum absolute atomic E-state index is 0.108. The molecule has 24 heavy (non-hydrogen) atoms. The van der Waals surface area contributed by atoms with E-state index >= 15 is 0 Å². The van der Waals surface area contributed by atoms with E-state index in [4.69, 9.17) is 14.0 Å². The first-order chi connectivity index (χ1) is 11.2. The van der Waals surface area contributed by atoms with E-state index in [1.807, 2.05) is 4.72 Å². The Bertz CT molecular complexity index is 807. The zero-order valence-electron chi connectivity index (χ0n) is 13.7. The van der Waals surface area contributed by atoms with Gasteiger partial charge in [-0.05, 0) is 45.0 Å². The number of nitrogens with one attached hydrogen (secondary N) is 1. The molecular weight excluding hydrogens is 336 g/mol. The van der Waals surface area contributed by atoms with E-state index in [1.165, 1.54) is 27.9 Å². The first kappa shape index (κ1) is 17.8. The van der Waals surface area contributed by atoms with Crippen LogP contribution < -0.4 is 14.2 Å². The first-order valence-corrected chi connectivity index (χ1v) is 8.53. The number of aromatic nitrogens is 1. The van der Waals surface area contributed by atoms with Gasteiger partial charge in [-0.15, -0.1) is 0 Å². The fraction of sp³-hybridized carbons (Fsp3) is 0.333. The third-order valence-corrected chi connectivity index (χ3v) is 4.80. The monoisotopic (exact) mass is 354 g/mol. The molecule has 0 aliphatic rings. The molecule has 130 valence electrons. The molecule has 1 N–H and O–H groups in total. The second-order valence-electron chi connectivity index (χ2n) is 5.06. The average Bonchev–Trinajstić information content (AvgIpc) is 2.87. The van der Waals surface area contributed by atoms with Gasteiger partial charge in [0.25, 0.3) is 15.9 Å². The van der Waals surface area contributed by atoms with Crippen LogP contribution in [0.3, 0.4) is 0 Å². The molecule has 0 saturated carbocycles. The molecule has 0 aliphatic carbocycles. The van der Waals surface area contributed by atoms with Crippen LogP contribution in [-0.4, -0.2) is 32.7 Å². The average molecular weight is 354 g/mol. The first-order valence-electron chi connectivity index (χ1n) is 7.05. The van der Waals surface area contributed by atoms with Crippen molar-refractivity contribution < 1.29 is 27.2 Å². The van der Waals surface area contributed by atoms with Crippen LogP contribution in [0, 0.1) is 13.8 Å². The summed E-state index contributed by atoms with van der Waals surface area (Å²) in [7, 11) is -2.55. The third-order valence-electron chi connectivity index (χ3n) is 3.21. The number of hydrogen-bond donors (Lipinski definition) is 1. The summed E-state index contributed by atoms with van der Waals surface area (Å²) in [5.74, 6) is 0.357. The number of sulfonamides is 1. The van der Waals surface area contributed by atoms with Crippen LogP contribution in [0.4, 0.5) is 0 Å². The number of nitrogens with zero attached hydrogens (tertiary/aromatic N) is 1. The number of carbonyl (C=O) groups excluding carboxylic acids is 1. The fourth-order valence-electron chi connectivity index (χ4n) is 2.04. The van der Waals surface area contributed by atoms with Crippen LogP contribution in [0.2, 0.25) is 0 Å². The highest BCUT2D eigenvalue weighted by molar-refractivity contribution is 7.90. The van der Waals surface area contributed by atoms with E-state index in [2.05, 4.69) is 5.16 Å². The van der Waals surface area contributed by atoms with Crippen LogP contribution in [0.15, 0.2) is 33.7 Å². The van der Waals surface area contributed by atoms with E-state index in [0.29, 0.717) is 11.5 Å². The Morgan fingerprint density at radius 2 is 1.79 bits per heavy atom. The predicted octanol–water partition coefficient (Wildman–Crippen LogP) is 1.57. The highest BCUT2D eigenvalue weighted by atomic mass is 32.2. The molecule has 2 rings (SSSR count). The highest BCUT2D eigenvalue weighted by Crippen LogP contribution is 2.20. The molecule has 1 amide bonds. The minimum Gasteiger partial charge on any atom is -0.497 e. The molecule has 8 nitrogen and oxygen atoms in total. The lowest BCUT2D eigenvalue weighted by atomic mass is 10.3. The maximum absolute atomic E-state index is 12.3. The molecule has 0 radical (unpaired) electrons. The minimum atomic E-state index is -4.08. The number of ether oxygens (including phenoxy) is 2. The molecule has 2 aromatic rings. The van der Waals surface area contributed by atoms with Crippen LogP contribution >= 0.6 is 0 Å². The normalized spacial score (nSPS) is 12.5. The largest absolute Gasteiger partial charge is 0.497 e. The smallest absolute Gasteiger partial charge is 0.274 e. The third kappa shape index (κ3) is 3.85. The second-order valence-corrected chi connectivity index (χ2v) is 6.68. The number of hydrogen-bond acceptors (Lipinski definition) is 7. The summed E-state index contributed by atoms with van der Waals surface area (Å²) in [4.78, 5) is 12.0. The highest BCUT2D eigenvalue weighted by Gasteiger charge is 2.28. The molecular formula is C15H18N2O6S. The molecule has 0 spiro atoms. The van der Waals surface area contributed by atoms with Gasteiger partial charge >= 0.3 is 0 Å². The molecule has 1 heterocycles. The van der Waals surface area contributed by atoms with E-state index in [-0.39, 0.29) is 16.3 Å². The van der Waals surface area contributed by atoms with E-state index in [0.717, 1.165) is 0 Å². The van der Waals surface area contributed by atoms with Crippen molar-refractivity contribution in [1.82, 2.24) is 9.88 Å². The lowest BCUT2D eigenvalue weighted by Gasteiger charge is -2.15. The SMILES string of the molecule is COc1ccc(OC(C)C(=O)NS(=O)(=O)c2c(C)noc2C)cc1. The summed E-state index contributed by atoms with van der Waals surface area (Å²) in [6.07, 6.45) is -1.02. The molecule has 0 bridgehead atoms.